The molecule has 0 radical (unpaired) electrons. The van der Waals surface area contributed by atoms with E-state index in [-0.39, 0.29) is 35.5 Å². The van der Waals surface area contributed by atoms with Crippen LogP contribution in [0.5, 0.6) is 0 Å². The molecule has 0 spiro atoms. The molecular formula is C29H25F5N6O4S. The van der Waals surface area contributed by atoms with Gasteiger partial charge in [0.25, 0.3) is 5.56 Å². The highest BCUT2D eigenvalue weighted by Crippen LogP contribution is 2.35. The number of carbonyl (C=O) groups excluding carboxylic acids is 1. The van der Waals surface area contributed by atoms with Gasteiger partial charge in [-0.15, -0.1) is 0 Å². The van der Waals surface area contributed by atoms with Crippen molar-refractivity contribution < 1.29 is 35.2 Å². The number of carbonyl (C=O) groups is 1. The molecule has 2 aromatic heterocycles. The van der Waals surface area contributed by atoms with Gasteiger partial charge in [0.1, 0.15) is 6.04 Å². The van der Waals surface area contributed by atoms with E-state index < -0.39 is 68.1 Å². The number of aromatic amines is 1. The molecule has 1 saturated carbocycles. The number of amides is 1. The molecule has 0 unspecified atom stereocenters. The van der Waals surface area contributed by atoms with E-state index >= 15 is 0 Å². The van der Waals surface area contributed by atoms with E-state index in [0.29, 0.717) is 10.00 Å². The normalized spacial score (nSPS) is 17.8. The van der Waals surface area contributed by atoms with Gasteiger partial charge in [0.05, 0.1) is 41.4 Å². The molecule has 1 saturated heterocycles. The minimum absolute atomic E-state index is 0.109. The van der Waals surface area contributed by atoms with Crippen LogP contribution in [0.15, 0.2) is 46.6 Å². The number of hydrogen-bond acceptors (Lipinski definition) is 7. The summed E-state index contributed by atoms with van der Waals surface area (Å²) in [5.41, 5.74) is 1.10. The largest absolute Gasteiger partial charge is 0.313 e. The Hall–Kier alpha value is -4.31. The van der Waals surface area contributed by atoms with Crippen LogP contribution in [0, 0.1) is 29.1 Å². The molecular weight excluding hydrogens is 623 g/mol. The summed E-state index contributed by atoms with van der Waals surface area (Å²) in [6, 6.07) is 2.72. The number of benzene rings is 2. The number of aromatic nitrogens is 4. The van der Waals surface area contributed by atoms with Crippen LogP contribution in [0.1, 0.15) is 55.8 Å². The molecule has 10 nitrogen and oxygen atoms in total. The smallest absolute Gasteiger partial charge is 0.258 e. The fourth-order valence-electron chi connectivity index (χ4n) is 5.75. The van der Waals surface area contributed by atoms with Gasteiger partial charge in [0.15, 0.2) is 28.2 Å². The number of rotatable bonds is 7. The molecule has 16 heteroatoms. The van der Waals surface area contributed by atoms with E-state index in [4.69, 9.17) is 0 Å². The predicted octanol–water partition coefficient (Wildman–Crippen LogP) is 4.45. The molecule has 236 valence electrons. The van der Waals surface area contributed by atoms with E-state index in [1.54, 1.807) is 6.20 Å². The highest BCUT2D eigenvalue weighted by atomic mass is 32.2. The lowest BCUT2D eigenvalue weighted by atomic mass is 9.87. The predicted molar refractivity (Wildman–Crippen MR) is 150 cm³/mol. The average molecular weight is 649 g/mol. The van der Waals surface area contributed by atoms with Crippen molar-refractivity contribution >= 4 is 32.5 Å². The van der Waals surface area contributed by atoms with Crippen molar-refractivity contribution in [3.05, 3.63) is 87.7 Å². The number of nitrogens with one attached hydrogen (secondary N) is 1. The quantitative estimate of drug-likeness (QED) is 0.178. The molecule has 1 aliphatic heterocycles. The molecule has 1 amide bonds. The van der Waals surface area contributed by atoms with E-state index in [1.165, 1.54) is 30.7 Å². The van der Waals surface area contributed by atoms with Crippen LogP contribution in [0.3, 0.4) is 0 Å². The van der Waals surface area contributed by atoms with Crippen LogP contribution in [-0.2, 0) is 21.4 Å². The second-order valence-electron chi connectivity index (χ2n) is 10.9. The third kappa shape index (κ3) is 5.45. The summed E-state index contributed by atoms with van der Waals surface area (Å²) in [6.07, 6.45) is 9.47. The van der Waals surface area contributed by atoms with Crippen molar-refractivity contribution in [1.82, 2.24) is 24.2 Å². The van der Waals surface area contributed by atoms with Gasteiger partial charge in [-0.2, -0.15) is 4.31 Å². The lowest BCUT2D eigenvalue weighted by Gasteiger charge is -2.41. The molecule has 2 fully saturated rings. The number of H-pyrrole nitrogens is 1. The van der Waals surface area contributed by atoms with E-state index in [0.717, 1.165) is 42.7 Å². The minimum Gasteiger partial charge on any atom is -0.313 e. The molecule has 6 rings (SSSR count). The average Bonchev–Trinajstić information content (AvgIpc) is 3.01. The zero-order valence-electron chi connectivity index (χ0n) is 23.4. The number of hydrogen-bond donors (Lipinski definition) is 1. The maximum absolute atomic E-state index is 14.5. The molecule has 1 aliphatic carbocycles. The third-order valence-electron chi connectivity index (χ3n) is 8.26. The van der Waals surface area contributed by atoms with Gasteiger partial charge in [-0.25, -0.2) is 35.4 Å². The third-order valence-corrected chi connectivity index (χ3v) is 10.2. The molecule has 2 aromatic carbocycles. The lowest BCUT2D eigenvalue weighted by Crippen LogP contribution is -2.59. The summed E-state index contributed by atoms with van der Waals surface area (Å²) in [7, 11) is -5.36. The topological polar surface area (TPSA) is 129 Å². The van der Waals surface area contributed by atoms with Crippen LogP contribution < -0.4 is 10.5 Å². The van der Waals surface area contributed by atoms with Gasteiger partial charge >= 0.3 is 0 Å². The maximum Gasteiger partial charge on any atom is 0.258 e. The first kappa shape index (κ1) is 30.7. The van der Waals surface area contributed by atoms with Crippen molar-refractivity contribution in [1.29, 1.82) is 0 Å². The van der Waals surface area contributed by atoms with Gasteiger partial charge in [-0.1, -0.05) is 19.3 Å². The fourth-order valence-corrected chi connectivity index (χ4v) is 7.49. The molecule has 4 aromatic rings. The second-order valence-corrected chi connectivity index (χ2v) is 12.8. The summed E-state index contributed by atoms with van der Waals surface area (Å²) in [5, 5.41) is 0.212. The molecule has 1 N–H and O–H groups in total. The Bertz CT molecular complexity index is 1940. The Morgan fingerprint density at radius 3 is 2.22 bits per heavy atom. The number of anilines is 1. The zero-order chi connectivity index (χ0) is 32.0. The molecule has 0 bridgehead atoms. The summed E-state index contributed by atoms with van der Waals surface area (Å²) in [4.78, 5) is 40.9. The second kappa shape index (κ2) is 11.9. The lowest BCUT2D eigenvalue weighted by molar-refractivity contribution is -0.125. The highest BCUT2D eigenvalue weighted by molar-refractivity contribution is 7.89. The van der Waals surface area contributed by atoms with Crippen LogP contribution in [-0.4, -0.2) is 51.2 Å². The van der Waals surface area contributed by atoms with Crippen molar-refractivity contribution in [2.45, 2.75) is 61.9 Å². The summed E-state index contributed by atoms with van der Waals surface area (Å²) >= 11 is 0. The zero-order valence-corrected chi connectivity index (χ0v) is 24.3. The first-order chi connectivity index (χ1) is 21.5. The van der Waals surface area contributed by atoms with Crippen LogP contribution in [0.2, 0.25) is 0 Å². The van der Waals surface area contributed by atoms with E-state index in [2.05, 4.69) is 19.9 Å². The standard InChI is InChI=1S/C29H25F5N6O4S/c30-22-23(31)25(33)27(26(34)24(22)32)45(43,44)40-9-8-21(40)29(42)39(17-6-7-18-19(10-17)37-14-38-28(18)41)13-16-11-36-20(12-35-16)15-4-2-1-3-5-15/h6-7,10-12,14-15,21H,1-5,8-9,13H2,(H,37,38,41)/t21-/m1/s1. The monoisotopic (exact) mass is 648 g/mol. The van der Waals surface area contributed by atoms with Crippen molar-refractivity contribution in [3.63, 3.8) is 0 Å². The van der Waals surface area contributed by atoms with Crippen molar-refractivity contribution in [3.8, 4) is 0 Å². The SMILES string of the molecule is O=C([C@H]1CCN1S(=O)(=O)c1c(F)c(F)c(F)c(F)c1F)N(Cc1cnc(C2CCCCC2)cn1)c1ccc2c(=O)[nH]cnc2c1. The van der Waals surface area contributed by atoms with Gasteiger partial charge in [-0.3, -0.25) is 19.6 Å². The van der Waals surface area contributed by atoms with Crippen molar-refractivity contribution in [2.24, 2.45) is 0 Å². The first-order valence-electron chi connectivity index (χ1n) is 14.1. The number of sulfonamides is 1. The highest BCUT2D eigenvalue weighted by Gasteiger charge is 2.48. The number of fused-ring (bicyclic) bond motifs is 1. The van der Waals surface area contributed by atoms with Crippen LogP contribution in [0.4, 0.5) is 27.6 Å². The Kier molecular flexibility index (Phi) is 8.11. The Morgan fingerprint density at radius 1 is 0.911 bits per heavy atom. The Balaban J connectivity index is 1.35. The Morgan fingerprint density at radius 2 is 1.60 bits per heavy atom. The van der Waals surface area contributed by atoms with Gasteiger partial charge < -0.3 is 9.88 Å². The molecule has 1 atom stereocenters. The summed E-state index contributed by atoms with van der Waals surface area (Å²) in [5.74, 6) is -13.0. The summed E-state index contributed by atoms with van der Waals surface area (Å²) in [6.45, 7) is -0.644. The van der Waals surface area contributed by atoms with Gasteiger partial charge in [-0.05, 0) is 37.5 Å². The minimum atomic E-state index is -5.36. The fraction of sp³-hybridized carbons (Fsp3) is 0.345. The Labute approximate surface area is 253 Å². The summed E-state index contributed by atoms with van der Waals surface area (Å²) < 4.78 is 97.4. The maximum atomic E-state index is 14.5. The molecule has 45 heavy (non-hydrogen) atoms. The van der Waals surface area contributed by atoms with Gasteiger partial charge in [0, 0.05) is 24.3 Å². The van der Waals surface area contributed by atoms with Crippen LogP contribution in [0.25, 0.3) is 10.9 Å². The van der Waals surface area contributed by atoms with Crippen molar-refractivity contribution in [2.75, 3.05) is 11.4 Å². The van der Waals surface area contributed by atoms with E-state index in [1.807, 2.05) is 0 Å². The number of halogens is 5. The molecule has 2 aliphatic rings. The number of nitrogens with zero attached hydrogens (tertiary/aromatic N) is 5. The van der Waals surface area contributed by atoms with Gasteiger partial charge in [0.2, 0.25) is 21.7 Å². The van der Waals surface area contributed by atoms with E-state index in [9.17, 15) is 40.0 Å². The van der Waals surface area contributed by atoms with Crippen LogP contribution >= 0.6 is 0 Å². The first-order valence-corrected chi connectivity index (χ1v) is 15.6. The molecule has 3 heterocycles.